The number of hydrogen-bond acceptors (Lipinski definition) is 2. The van der Waals surface area contributed by atoms with E-state index in [1.807, 2.05) is 0 Å². The number of aromatic nitrogens is 2. The van der Waals surface area contributed by atoms with Crippen molar-refractivity contribution in [3.63, 3.8) is 0 Å². The molecule has 1 aromatic heterocycles. The lowest BCUT2D eigenvalue weighted by Crippen LogP contribution is -1.98. The van der Waals surface area contributed by atoms with Crippen molar-refractivity contribution in [3.05, 3.63) is 42.5 Å². The Kier molecular flexibility index (Phi) is 3.23. The number of aromatic carboxylic acids is 1. The highest BCUT2D eigenvalue weighted by molar-refractivity contribution is 5.83. The minimum Gasteiger partial charge on any atom is -0.475 e. The molecule has 0 spiro atoms. The molecule has 0 aliphatic carbocycles. The number of carboxylic acids is 1. The van der Waals surface area contributed by atoms with E-state index in [1.54, 1.807) is 12.2 Å². The highest BCUT2D eigenvalue weighted by atomic mass is 16.4. The average molecular weight is 192 g/mol. The van der Waals surface area contributed by atoms with E-state index in [4.69, 9.17) is 5.11 Å². The summed E-state index contributed by atoms with van der Waals surface area (Å²) in [6, 6.07) is 0. The summed E-state index contributed by atoms with van der Waals surface area (Å²) in [6.45, 7) is 7.17. The predicted octanol–water partition coefficient (Wildman–Crippen LogP) is 1.56. The van der Waals surface area contributed by atoms with Gasteiger partial charge in [0.15, 0.2) is 0 Å². The van der Waals surface area contributed by atoms with E-state index < -0.39 is 5.97 Å². The van der Waals surface area contributed by atoms with E-state index in [1.165, 1.54) is 0 Å². The maximum Gasteiger partial charge on any atom is 0.371 e. The maximum absolute atomic E-state index is 10.6. The summed E-state index contributed by atoms with van der Waals surface area (Å²) in [7, 11) is 0. The number of nitrogens with zero attached hydrogens (tertiary/aromatic N) is 1. The van der Waals surface area contributed by atoms with Crippen molar-refractivity contribution in [2.24, 2.45) is 0 Å². The van der Waals surface area contributed by atoms with Crippen molar-refractivity contribution >= 4 is 5.97 Å². The van der Waals surface area contributed by atoms with Crippen molar-refractivity contribution in [1.82, 2.24) is 9.97 Å². The first-order chi connectivity index (χ1) is 6.69. The summed E-state index contributed by atoms with van der Waals surface area (Å²) in [5.41, 5.74) is 1.51. The van der Waals surface area contributed by atoms with Crippen LogP contribution < -0.4 is 0 Å². The maximum atomic E-state index is 10.6. The van der Waals surface area contributed by atoms with Crippen molar-refractivity contribution in [2.45, 2.75) is 12.8 Å². The predicted molar refractivity (Wildman–Crippen MR) is 53.3 cm³/mol. The summed E-state index contributed by atoms with van der Waals surface area (Å²) in [4.78, 5) is 17.3. The number of nitrogens with one attached hydrogen (secondary N) is 1. The second-order valence-electron chi connectivity index (χ2n) is 2.80. The van der Waals surface area contributed by atoms with Crippen LogP contribution >= 0.6 is 0 Å². The van der Waals surface area contributed by atoms with Gasteiger partial charge in [-0.25, -0.2) is 9.78 Å². The number of carbonyl (C=O) groups is 1. The summed E-state index contributed by atoms with van der Waals surface area (Å²) in [5.74, 6) is -1.08. The molecule has 4 nitrogen and oxygen atoms in total. The number of hydrogen-bond donors (Lipinski definition) is 2. The number of H-pyrrole nitrogens is 1. The fourth-order valence-electron chi connectivity index (χ4n) is 1.17. The van der Waals surface area contributed by atoms with Crippen LogP contribution in [-0.4, -0.2) is 21.0 Å². The molecule has 0 saturated carbocycles. The van der Waals surface area contributed by atoms with E-state index in [0.717, 1.165) is 11.4 Å². The highest BCUT2D eigenvalue weighted by Gasteiger charge is 2.12. The quantitative estimate of drug-likeness (QED) is 0.696. The van der Waals surface area contributed by atoms with Gasteiger partial charge in [0.1, 0.15) is 0 Å². The van der Waals surface area contributed by atoms with Gasteiger partial charge in [0.2, 0.25) is 5.82 Å². The molecular weight excluding hydrogens is 180 g/mol. The molecule has 1 rings (SSSR count). The Bertz CT molecular complexity index is 339. The van der Waals surface area contributed by atoms with Crippen molar-refractivity contribution in [3.8, 4) is 0 Å². The molecule has 0 unspecified atom stereocenters. The zero-order valence-electron chi connectivity index (χ0n) is 7.79. The van der Waals surface area contributed by atoms with Crippen LogP contribution in [0.1, 0.15) is 22.0 Å². The highest BCUT2D eigenvalue weighted by Crippen LogP contribution is 2.09. The normalized spacial score (nSPS) is 9.71. The SMILES string of the molecule is C=CCc1nc(C(=O)O)[nH]c1CC=C. The molecule has 0 aliphatic heterocycles. The number of rotatable bonds is 5. The Balaban J connectivity index is 3.04. The van der Waals surface area contributed by atoms with Gasteiger partial charge in [-0.1, -0.05) is 12.2 Å². The summed E-state index contributed by atoms with van der Waals surface area (Å²) >= 11 is 0. The van der Waals surface area contributed by atoms with E-state index in [-0.39, 0.29) is 5.82 Å². The van der Waals surface area contributed by atoms with Gasteiger partial charge < -0.3 is 10.1 Å². The van der Waals surface area contributed by atoms with Crippen LogP contribution in [0.15, 0.2) is 25.3 Å². The van der Waals surface area contributed by atoms with Gasteiger partial charge in [0, 0.05) is 18.5 Å². The van der Waals surface area contributed by atoms with Gasteiger partial charge in [0.05, 0.1) is 5.69 Å². The monoisotopic (exact) mass is 192 g/mol. The Morgan fingerprint density at radius 2 is 2.07 bits per heavy atom. The van der Waals surface area contributed by atoms with Gasteiger partial charge >= 0.3 is 5.97 Å². The number of allylic oxidation sites excluding steroid dienone is 2. The van der Waals surface area contributed by atoms with Gasteiger partial charge in [0.25, 0.3) is 0 Å². The van der Waals surface area contributed by atoms with Gasteiger partial charge in [-0.2, -0.15) is 0 Å². The van der Waals surface area contributed by atoms with E-state index in [9.17, 15) is 4.79 Å². The van der Waals surface area contributed by atoms with E-state index in [0.29, 0.717) is 12.8 Å². The summed E-state index contributed by atoms with van der Waals surface area (Å²) in [6.07, 6.45) is 4.54. The lowest BCUT2D eigenvalue weighted by molar-refractivity contribution is 0.0684. The zero-order chi connectivity index (χ0) is 10.6. The summed E-state index contributed by atoms with van der Waals surface area (Å²) < 4.78 is 0. The Morgan fingerprint density at radius 3 is 2.57 bits per heavy atom. The first-order valence-electron chi connectivity index (χ1n) is 4.22. The minimum atomic E-state index is -1.05. The summed E-state index contributed by atoms with van der Waals surface area (Å²) in [5, 5.41) is 8.71. The average Bonchev–Trinajstić information content (AvgIpc) is 2.50. The van der Waals surface area contributed by atoms with Crippen LogP contribution in [0.2, 0.25) is 0 Å². The van der Waals surface area contributed by atoms with Crippen LogP contribution in [0.5, 0.6) is 0 Å². The second kappa shape index (κ2) is 4.41. The largest absolute Gasteiger partial charge is 0.475 e. The van der Waals surface area contributed by atoms with Gasteiger partial charge in [-0.05, 0) is 0 Å². The molecule has 0 amide bonds. The number of aromatic amines is 1. The fourth-order valence-corrected chi connectivity index (χ4v) is 1.17. The smallest absolute Gasteiger partial charge is 0.371 e. The van der Waals surface area contributed by atoms with Crippen molar-refractivity contribution in [1.29, 1.82) is 0 Å². The third kappa shape index (κ3) is 2.10. The Labute approximate surface area is 82.0 Å². The van der Waals surface area contributed by atoms with Crippen LogP contribution in [0.4, 0.5) is 0 Å². The third-order valence-electron chi connectivity index (χ3n) is 1.75. The Morgan fingerprint density at radius 1 is 1.43 bits per heavy atom. The van der Waals surface area contributed by atoms with Crippen LogP contribution in [0, 0.1) is 0 Å². The second-order valence-corrected chi connectivity index (χ2v) is 2.80. The minimum absolute atomic E-state index is 0.0290. The van der Waals surface area contributed by atoms with Crippen LogP contribution in [-0.2, 0) is 12.8 Å². The molecule has 0 aromatic carbocycles. The molecule has 0 bridgehead atoms. The molecule has 2 N–H and O–H groups in total. The standard InChI is InChI=1S/C10H12N2O2/c1-3-5-7-8(6-4-2)12-9(11-7)10(13)14/h3-4H,1-2,5-6H2,(H,11,12)(H,13,14). The number of carboxylic acid groups (broad SMARTS) is 1. The third-order valence-corrected chi connectivity index (χ3v) is 1.75. The van der Waals surface area contributed by atoms with Crippen LogP contribution in [0.3, 0.4) is 0 Å². The first-order valence-corrected chi connectivity index (χ1v) is 4.22. The molecule has 0 atom stereocenters. The Hall–Kier alpha value is -1.84. The van der Waals surface area contributed by atoms with Crippen molar-refractivity contribution in [2.75, 3.05) is 0 Å². The van der Waals surface area contributed by atoms with Gasteiger partial charge in [-0.15, -0.1) is 13.2 Å². The lowest BCUT2D eigenvalue weighted by atomic mass is 10.2. The van der Waals surface area contributed by atoms with E-state index in [2.05, 4.69) is 23.1 Å². The molecule has 0 radical (unpaired) electrons. The van der Waals surface area contributed by atoms with Crippen LogP contribution in [0.25, 0.3) is 0 Å². The van der Waals surface area contributed by atoms with E-state index >= 15 is 0 Å². The molecule has 4 heteroatoms. The molecule has 0 saturated heterocycles. The fraction of sp³-hybridized carbons (Fsp3) is 0.200. The molecule has 74 valence electrons. The van der Waals surface area contributed by atoms with Crippen molar-refractivity contribution < 1.29 is 9.90 Å². The topological polar surface area (TPSA) is 66.0 Å². The molecule has 0 fully saturated rings. The molecule has 14 heavy (non-hydrogen) atoms. The first kappa shape index (κ1) is 10.2. The molecule has 1 heterocycles. The van der Waals surface area contributed by atoms with Gasteiger partial charge in [-0.3, -0.25) is 0 Å². The molecule has 1 aromatic rings. The molecule has 0 aliphatic rings. The molecular formula is C10H12N2O2. The number of imidazole rings is 1. The zero-order valence-corrected chi connectivity index (χ0v) is 7.79. The lowest BCUT2D eigenvalue weighted by Gasteiger charge is -1.93.